The molecule has 7 heteroatoms. The number of halogens is 2. The summed E-state index contributed by atoms with van der Waals surface area (Å²) >= 11 is 6.08. The first-order valence-electron chi connectivity index (χ1n) is 7.76. The van der Waals surface area contributed by atoms with Crippen LogP contribution in [0.15, 0.2) is 30.5 Å². The highest BCUT2D eigenvalue weighted by Gasteiger charge is 2.28. The first-order valence-corrected chi connectivity index (χ1v) is 8.13. The number of aromatic nitrogens is 1. The zero-order chi connectivity index (χ0) is 17.3. The van der Waals surface area contributed by atoms with Gasteiger partial charge >= 0.3 is 0 Å². The number of carbonyl (C=O) groups excluding carboxylic acids is 1. The van der Waals surface area contributed by atoms with E-state index >= 15 is 0 Å². The third kappa shape index (κ3) is 4.06. The Balaban J connectivity index is 0.00000225. The van der Waals surface area contributed by atoms with Gasteiger partial charge in [0.15, 0.2) is 0 Å². The number of benzene rings is 1. The van der Waals surface area contributed by atoms with Crippen molar-refractivity contribution >= 4 is 35.6 Å². The van der Waals surface area contributed by atoms with Crippen LogP contribution in [0, 0.1) is 0 Å². The molecule has 1 amide bonds. The largest absolute Gasteiger partial charge is 0.495 e. The Bertz CT molecular complexity index is 794. The molecule has 0 fully saturated rings. The molecule has 2 heterocycles. The summed E-state index contributed by atoms with van der Waals surface area (Å²) in [6.45, 7) is 5.96. The smallest absolute Gasteiger partial charge is 0.255 e. The van der Waals surface area contributed by atoms with Gasteiger partial charge < -0.3 is 15.4 Å². The zero-order valence-electron chi connectivity index (χ0n) is 14.4. The highest BCUT2D eigenvalue weighted by atomic mass is 35.5. The van der Waals surface area contributed by atoms with E-state index in [1.54, 1.807) is 24.4 Å². The number of carbonyl (C=O) groups is 1. The number of nitrogens with one attached hydrogen (secondary N) is 2. The maximum absolute atomic E-state index is 12.4. The van der Waals surface area contributed by atoms with Gasteiger partial charge in [-0.1, -0.05) is 25.4 Å². The molecule has 2 N–H and O–H groups in total. The van der Waals surface area contributed by atoms with Gasteiger partial charge in [0.1, 0.15) is 5.75 Å². The molecule has 0 aliphatic carbocycles. The van der Waals surface area contributed by atoms with E-state index in [9.17, 15) is 4.79 Å². The van der Waals surface area contributed by atoms with E-state index in [0.717, 1.165) is 24.3 Å². The van der Waals surface area contributed by atoms with E-state index in [-0.39, 0.29) is 23.7 Å². The molecular weight excluding hydrogens is 361 g/mol. The van der Waals surface area contributed by atoms with E-state index in [1.165, 1.54) is 7.11 Å². The molecule has 134 valence electrons. The van der Waals surface area contributed by atoms with E-state index in [0.29, 0.717) is 22.0 Å². The topological polar surface area (TPSA) is 63.2 Å². The monoisotopic (exact) mass is 381 g/mol. The van der Waals surface area contributed by atoms with Crippen molar-refractivity contribution in [2.45, 2.75) is 25.8 Å². The van der Waals surface area contributed by atoms with Gasteiger partial charge in [0.2, 0.25) is 0 Å². The number of nitrogens with zero attached hydrogens (tertiary/aromatic N) is 1. The van der Waals surface area contributed by atoms with Crippen LogP contribution in [0.2, 0.25) is 5.02 Å². The number of rotatable bonds is 3. The van der Waals surface area contributed by atoms with Crippen molar-refractivity contribution < 1.29 is 9.53 Å². The molecular formula is C18H21Cl2N3O2. The predicted octanol–water partition coefficient (Wildman–Crippen LogP) is 3.80. The van der Waals surface area contributed by atoms with Crippen molar-refractivity contribution in [3.8, 4) is 5.75 Å². The fraction of sp³-hybridized carbons (Fsp3) is 0.333. The number of fused-ring (bicyclic) bond motifs is 1. The Morgan fingerprint density at radius 3 is 2.80 bits per heavy atom. The molecule has 25 heavy (non-hydrogen) atoms. The summed E-state index contributed by atoms with van der Waals surface area (Å²) < 4.78 is 5.10. The van der Waals surface area contributed by atoms with Gasteiger partial charge in [-0.2, -0.15) is 0 Å². The Morgan fingerprint density at radius 2 is 2.12 bits per heavy atom. The van der Waals surface area contributed by atoms with Crippen molar-refractivity contribution in [2.24, 2.45) is 0 Å². The second-order valence-corrected chi connectivity index (χ2v) is 6.93. The second kappa shape index (κ2) is 7.60. The van der Waals surface area contributed by atoms with Crippen LogP contribution in [0.5, 0.6) is 5.75 Å². The number of hydrogen-bond donors (Lipinski definition) is 2. The Kier molecular flexibility index (Phi) is 5.93. The summed E-state index contributed by atoms with van der Waals surface area (Å²) in [7, 11) is 1.54. The third-order valence-corrected chi connectivity index (χ3v) is 4.46. The van der Waals surface area contributed by atoms with Crippen molar-refractivity contribution in [3.63, 3.8) is 0 Å². The van der Waals surface area contributed by atoms with Gasteiger partial charge in [-0.3, -0.25) is 9.78 Å². The summed E-state index contributed by atoms with van der Waals surface area (Å²) in [5.74, 6) is 0.307. The molecule has 3 rings (SSSR count). The summed E-state index contributed by atoms with van der Waals surface area (Å²) in [5.41, 5.74) is 3.31. The lowest BCUT2D eigenvalue weighted by Crippen LogP contribution is -2.39. The lowest BCUT2D eigenvalue weighted by Gasteiger charge is -2.32. The molecule has 0 bridgehead atoms. The minimum Gasteiger partial charge on any atom is -0.495 e. The highest BCUT2D eigenvalue weighted by molar-refractivity contribution is 6.32. The molecule has 0 atom stereocenters. The van der Waals surface area contributed by atoms with Crippen LogP contribution in [0.3, 0.4) is 0 Å². The number of amides is 1. The highest BCUT2D eigenvalue weighted by Crippen LogP contribution is 2.29. The summed E-state index contributed by atoms with van der Waals surface area (Å²) in [4.78, 5) is 17.0. The summed E-state index contributed by atoms with van der Waals surface area (Å²) in [6, 6.07) is 6.91. The second-order valence-electron chi connectivity index (χ2n) is 6.52. The minimum atomic E-state index is -0.232. The van der Waals surface area contributed by atoms with E-state index in [1.807, 2.05) is 6.07 Å². The SMILES string of the molecule is COc1ccc(C(=O)Nc2cnc3c(c2)CNCC3(C)C)cc1Cl.Cl. The van der Waals surface area contributed by atoms with Crippen LogP contribution in [0.25, 0.3) is 0 Å². The fourth-order valence-electron chi connectivity index (χ4n) is 2.93. The standard InChI is InChI=1S/C18H20ClN3O2.ClH/c1-18(2)10-20-8-12-6-13(9-21-16(12)18)22-17(23)11-4-5-15(24-3)14(19)7-11;/h4-7,9,20H,8,10H2,1-3H3,(H,22,23);1H. The van der Waals surface area contributed by atoms with Gasteiger partial charge in [-0.15, -0.1) is 12.4 Å². The van der Waals surface area contributed by atoms with Gasteiger partial charge in [0.25, 0.3) is 5.91 Å². The molecule has 0 saturated carbocycles. The van der Waals surface area contributed by atoms with Crippen LogP contribution >= 0.6 is 24.0 Å². The Morgan fingerprint density at radius 1 is 1.36 bits per heavy atom. The molecule has 0 saturated heterocycles. The van der Waals surface area contributed by atoms with Crippen molar-refractivity contribution in [3.05, 3.63) is 52.3 Å². The van der Waals surface area contributed by atoms with E-state index < -0.39 is 0 Å². The van der Waals surface area contributed by atoms with Crippen LogP contribution in [0.4, 0.5) is 5.69 Å². The van der Waals surface area contributed by atoms with Crippen molar-refractivity contribution in [1.29, 1.82) is 0 Å². The van der Waals surface area contributed by atoms with Crippen molar-refractivity contribution in [2.75, 3.05) is 19.0 Å². The van der Waals surface area contributed by atoms with Crippen LogP contribution in [-0.2, 0) is 12.0 Å². The quantitative estimate of drug-likeness (QED) is 0.848. The molecule has 1 aliphatic rings. The zero-order valence-corrected chi connectivity index (χ0v) is 15.9. The van der Waals surface area contributed by atoms with Gasteiger partial charge in [-0.25, -0.2) is 0 Å². The molecule has 0 unspecified atom stereocenters. The van der Waals surface area contributed by atoms with E-state index in [2.05, 4.69) is 29.5 Å². The van der Waals surface area contributed by atoms with Gasteiger partial charge in [-0.05, 0) is 29.8 Å². The number of anilines is 1. The lowest BCUT2D eigenvalue weighted by atomic mass is 9.83. The molecule has 0 spiro atoms. The summed E-state index contributed by atoms with van der Waals surface area (Å²) in [5, 5.41) is 6.65. The maximum atomic E-state index is 12.4. The molecule has 1 aromatic carbocycles. The first-order chi connectivity index (χ1) is 11.4. The number of pyridine rings is 1. The third-order valence-electron chi connectivity index (χ3n) is 4.16. The normalized spacial score (nSPS) is 14.9. The molecule has 5 nitrogen and oxygen atoms in total. The average Bonchev–Trinajstić information content (AvgIpc) is 2.54. The first kappa shape index (κ1) is 19.5. The van der Waals surface area contributed by atoms with E-state index in [4.69, 9.17) is 16.3 Å². The Labute approximate surface area is 158 Å². The number of hydrogen-bond acceptors (Lipinski definition) is 4. The van der Waals surface area contributed by atoms with Crippen molar-refractivity contribution in [1.82, 2.24) is 10.3 Å². The Hall–Kier alpha value is -1.82. The fourth-order valence-corrected chi connectivity index (χ4v) is 3.18. The summed E-state index contributed by atoms with van der Waals surface area (Å²) in [6.07, 6.45) is 1.70. The number of methoxy groups -OCH3 is 1. The van der Waals surface area contributed by atoms with Gasteiger partial charge in [0.05, 0.1) is 29.7 Å². The average molecular weight is 382 g/mol. The minimum absolute atomic E-state index is 0. The van der Waals surface area contributed by atoms with Gasteiger partial charge in [0, 0.05) is 24.1 Å². The molecule has 1 aliphatic heterocycles. The number of ether oxygens (including phenoxy) is 1. The predicted molar refractivity (Wildman–Crippen MR) is 102 cm³/mol. The maximum Gasteiger partial charge on any atom is 0.255 e. The van der Waals surface area contributed by atoms with Crippen LogP contribution in [0.1, 0.15) is 35.5 Å². The van der Waals surface area contributed by atoms with Crippen LogP contribution in [-0.4, -0.2) is 24.5 Å². The lowest BCUT2D eigenvalue weighted by molar-refractivity contribution is 0.102. The molecule has 0 radical (unpaired) electrons. The molecule has 1 aromatic heterocycles. The van der Waals surface area contributed by atoms with Crippen LogP contribution < -0.4 is 15.4 Å². The molecule has 2 aromatic rings.